The molecular formula is C19H14ClN5O3S. The minimum absolute atomic E-state index is 0.0456. The molecule has 0 radical (unpaired) electrons. The predicted octanol–water partition coefficient (Wildman–Crippen LogP) is 3.12. The molecule has 2 heterocycles. The van der Waals surface area contributed by atoms with E-state index in [1.54, 1.807) is 41.5 Å². The van der Waals surface area contributed by atoms with Crippen LogP contribution < -0.4 is 5.32 Å². The Bertz CT molecular complexity index is 1320. The molecule has 4 rings (SSSR count). The Morgan fingerprint density at radius 1 is 1.10 bits per heavy atom. The third-order valence-corrected chi connectivity index (χ3v) is 5.49. The summed E-state index contributed by atoms with van der Waals surface area (Å²) in [4.78, 5) is 25.6. The standard InChI is InChI=1S/C19H14ClN5O3S/c1-29(27,28)14-5-3-13(4-6-14)22-19(26)17-23-16-7-2-12(20)10-15(16)18(24-17)25-9-8-21-11-25/h2-11H,1H3,(H,22,26). The number of nitrogens with zero attached hydrogens (tertiary/aromatic N) is 4. The number of carbonyl (C=O) groups is 1. The smallest absolute Gasteiger partial charge is 0.293 e. The molecule has 0 bridgehead atoms. The van der Waals surface area contributed by atoms with E-state index in [2.05, 4.69) is 20.3 Å². The Labute approximate surface area is 171 Å². The van der Waals surface area contributed by atoms with Gasteiger partial charge in [-0.15, -0.1) is 0 Å². The van der Waals surface area contributed by atoms with Crippen molar-refractivity contribution < 1.29 is 13.2 Å². The van der Waals surface area contributed by atoms with Gasteiger partial charge in [-0.05, 0) is 42.5 Å². The summed E-state index contributed by atoms with van der Waals surface area (Å²) in [5, 5.41) is 3.87. The van der Waals surface area contributed by atoms with Gasteiger partial charge in [0.25, 0.3) is 5.91 Å². The molecule has 10 heteroatoms. The Morgan fingerprint density at radius 2 is 1.86 bits per heavy atom. The van der Waals surface area contributed by atoms with Gasteiger partial charge in [0.1, 0.15) is 12.1 Å². The maximum absolute atomic E-state index is 12.7. The van der Waals surface area contributed by atoms with Crippen LogP contribution in [0.4, 0.5) is 5.69 Å². The molecule has 0 aliphatic heterocycles. The molecule has 4 aromatic rings. The molecule has 0 saturated heterocycles. The number of hydrogen-bond acceptors (Lipinski definition) is 6. The highest BCUT2D eigenvalue weighted by Gasteiger charge is 2.16. The second-order valence-electron chi connectivity index (χ2n) is 6.25. The third kappa shape index (κ3) is 3.96. The molecular weight excluding hydrogens is 414 g/mol. The van der Waals surface area contributed by atoms with Gasteiger partial charge >= 0.3 is 0 Å². The van der Waals surface area contributed by atoms with Crippen LogP contribution >= 0.6 is 11.6 Å². The number of rotatable bonds is 4. The first-order chi connectivity index (χ1) is 13.8. The molecule has 0 unspecified atom stereocenters. The SMILES string of the molecule is CS(=O)(=O)c1ccc(NC(=O)c2nc(-n3ccnc3)c3cc(Cl)ccc3n2)cc1. The fourth-order valence-corrected chi connectivity index (χ4v) is 3.54. The molecule has 0 saturated carbocycles. The first-order valence-electron chi connectivity index (χ1n) is 8.38. The van der Waals surface area contributed by atoms with Gasteiger partial charge in [-0.25, -0.2) is 23.4 Å². The summed E-state index contributed by atoms with van der Waals surface area (Å²) in [7, 11) is -3.32. The minimum atomic E-state index is -3.32. The van der Waals surface area contributed by atoms with E-state index >= 15 is 0 Å². The van der Waals surface area contributed by atoms with Crippen molar-refractivity contribution in [1.82, 2.24) is 19.5 Å². The van der Waals surface area contributed by atoms with Crippen LogP contribution in [0.1, 0.15) is 10.6 Å². The van der Waals surface area contributed by atoms with Gasteiger partial charge in [-0.1, -0.05) is 11.6 Å². The molecule has 0 aliphatic rings. The number of halogens is 1. The van der Waals surface area contributed by atoms with Crippen LogP contribution in [0.15, 0.2) is 66.1 Å². The van der Waals surface area contributed by atoms with Gasteiger partial charge in [0.05, 0.1) is 10.4 Å². The van der Waals surface area contributed by atoms with Crippen molar-refractivity contribution >= 4 is 43.9 Å². The van der Waals surface area contributed by atoms with Crippen molar-refractivity contribution in [3.05, 3.63) is 72.0 Å². The zero-order valence-corrected chi connectivity index (χ0v) is 16.6. The maximum atomic E-state index is 12.7. The number of carbonyl (C=O) groups excluding carboxylic acids is 1. The number of nitrogens with one attached hydrogen (secondary N) is 1. The van der Waals surface area contributed by atoms with E-state index in [1.807, 2.05) is 0 Å². The Morgan fingerprint density at radius 3 is 2.52 bits per heavy atom. The molecule has 0 fully saturated rings. The summed E-state index contributed by atoms with van der Waals surface area (Å²) in [6.45, 7) is 0. The minimum Gasteiger partial charge on any atom is -0.319 e. The first kappa shape index (κ1) is 19.0. The van der Waals surface area contributed by atoms with Crippen LogP contribution in [0, 0.1) is 0 Å². The molecule has 146 valence electrons. The van der Waals surface area contributed by atoms with Gasteiger partial charge < -0.3 is 5.32 Å². The van der Waals surface area contributed by atoms with E-state index in [4.69, 9.17) is 11.6 Å². The van der Waals surface area contributed by atoms with Crippen LogP contribution in [-0.4, -0.2) is 40.1 Å². The first-order valence-corrected chi connectivity index (χ1v) is 10.7. The number of sulfone groups is 1. The quantitative estimate of drug-likeness (QED) is 0.536. The normalized spacial score (nSPS) is 11.5. The lowest BCUT2D eigenvalue weighted by atomic mass is 10.2. The van der Waals surface area contributed by atoms with Crippen molar-refractivity contribution in [2.45, 2.75) is 4.90 Å². The Balaban J connectivity index is 1.72. The highest BCUT2D eigenvalue weighted by molar-refractivity contribution is 7.90. The van der Waals surface area contributed by atoms with E-state index in [-0.39, 0.29) is 10.7 Å². The zero-order valence-electron chi connectivity index (χ0n) is 15.1. The van der Waals surface area contributed by atoms with E-state index in [0.717, 1.165) is 6.26 Å². The molecule has 0 spiro atoms. The second kappa shape index (κ2) is 7.26. The van der Waals surface area contributed by atoms with Crippen molar-refractivity contribution in [3.8, 4) is 5.82 Å². The van der Waals surface area contributed by atoms with E-state index < -0.39 is 15.7 Å². The number of aromatic nitrogens is 4. The summed E-state index contributed by atoms with van der Waals surface area (Å²) in [5.41, 5.74) is 0.969. The molecule has 29 heavy (non-hydrogen) atoms. The van der Waals surface area contributed by atoms with Crippen molar-refractivity contribution in [3.63, 3.8) is 0 Å². The number of amides is 1. The fourth-order valence-electron chi connectivity index (χ4n) is 2.74. The van der Waals surface area contributed by atoms with E-state index in [0.29, 0.717) is 27.4 Å². The van der Waals surface area contributed by atoms with E-state index in [9.17, 15) is 13.2 Å². The Kier molecular flexibility index (Phi) is 4.77. The van der Waals surface area contributed by atoms with Crippen LogP contribution in [-0.2, 0) is 9.84 Å². The lowest BCUT2D eigenvalue weighted by Gasteiger charge is -2.10. The highest BCUT2D eigenvalue weighted by atomic mass is 35.5. The van der Waals surface area contributed by atoms with Gasteiger partial charge in [0.2, 0.25) is 5.82 Å². The highest BCUT2D eigenvalue weighted by Crippen LogP contribution is 2.24. The molecule has 2 aromatic carbocycles. The monoisotopic (exact) mass is 427 g/mol. The summed E-state index contributed by atoms with van der Waals surface area (Å²) in [5.74, 6) is -0.112. The molecule has 2 aromatic heterocycles. The lowest BCUT2D eigenvalue weighted by molar-refractivity contribution is 0.101. The average molecular weight is 428 g/mol. The third-order valence-electron chi connectivity index (χ3n) is 4.13. The van der Waals surface area contributed by atoms with Gasteiger partial charge in [-0.3, -0.25) is 9.36 Å². The Hall–Kier alpha value is -3.30. The van der Waals surface area contributed by atoms with Crippen LogP contribution in [0.2, 0.25) is 5.02 Å². The van der Waals surface area contributed by atoms with Gasteiger partial charge in [0, 0.05) is 34.7 Å². The van der Waals surface area contributed by atoms with Crippen LogP contribution in [0.25, 0.3) is 16.7 Å². The zero-order chi connectivity index (χ0) is 20.6. The lowest BCUT2D eigenvalue weighted by Crippen LogP contribution is -2.17. The van der Waals surface area contributed by atoms with Gasteiger partial charge in [-0.2, -0.15) is 0 Å². The summed E-state index contributed by atoms with van der Waals surface area (Å²) in [6.07, 6.45) is 5.98. The molecule has 8 nitrogen and oxygen atoms in total. The number of anilines is 1. The number of imidazole rings is 1. The molecule has 1 N–H and O–H groups in total. The topological polar surface area (TPSA) is 107 Å². The maximum Gasteiger partial charge on any atom is 0.293 e. The van der Waals surface area contributed by atoms with Crippen LogP contribution in [0.3, 0.4) is 0 Å². The van der Waals surface area contributed by atoms with Crippen LogP contribution in [0.5, 0.6) is 0 Å². The average Bonchev–Trinajstić information content (AvgIpc) is 3.21. The summed E-state index contributed by atoms with van der Waals surface area (Å²) >= 11 is 6.10. The number of fused-ring (bicyclic) bond motifs is 1. The molecule has 0 atom stereocenters. The number of benzene rings is 2. The number of hydrogen-bond donors (Lipinski definition) is 1. The summed E-state index contributed by atoms with van der Waals surface area (Å²) < 4.78 is 24.8. The largest absolute Gasteiger partial charge is 0.319 e. The van der Waals surface area contributed by atoms with Crippen molar-refractivity contribution in [1.29, 1.82) is 0 Å². The van der Waals surface area contributed by atoms with Crippen molar-refractivity contribution in [2.75, 3.05) is 11.6 Å². The predicted molar refractivity (Wildman–Crippen MR) is 109 cm³/mol. The van der Waals surface area contributed by atoms with E-state index in [1.165, 1.54) is 24.3 Å². The molecule has 1 amide bonds. The fraction of sp³-hybridized carbons (Fsp3) is 0.0526. The van der Waals surface area contributed by atoms with Gasteiger partial charge in [0.15, 0.2) is 9.84 Å². The van der Waals surface area contributed by atoms with Crippen molar-refractivity contribution in [2.24, 2.45) is 0 Å². The summed E-state index contributed by atoms with van der Waals surface area (Å²) in [6, 6.07) is 11.0. The molecule has 0 aliphatic carbocycles. The second-order valence-corrected chi connectivity index (χ2v) is 8.71.